The zero-order chi connectivity index (χ0) is 37.9. The average Bonchev–Trinajstić information content (AvgIpc) is 3.07. The summed E-state index contributed by atoms with van der Waals surface area (Å²) >= 11 is 0. The number of phosphoric ester groups is 1. The number of carbonyl (C=O) groups excluding carboxylic acids is 2. The van der Waals surface area contributed by atoms with E-state index >= 15 is 0 Å². The Labute approximate surface area is 313 Å². The summed E-state index contributed by atoms with van der Waals surface area (Å²) in [6, 6.07) is 0. The molecular formula is C41H79NO8P+. The Morgan fingerprint density at radius 2 is 1.02 bits per heavy atom. The second-order valence-electron chi connectivity index (χ2n) is 15.0. The van der Waals surface area contributed by atoms with E-state index in [0.717, 1.165) is 51.4 Å². The van der Waals surface area contributed by atoms with Crippen molar-refractivity contribution in [2.75, 3.05) is 47.5 Å². The molecule has 0 spiro atoms. The van der Waals surface area contributed by atoms with Gasteiger partial charge in [0, 0.05) is 12.8 Å². The molecule has 0 fully saturated rings. The Balaban J connectivity index is 4.39. The van der Waals surface area contributed by atoms with Crippen molar-refractivity contribution < 1.29 is 42.1 Å². The van der Waals surface area contributed by atoms with Crippen molar-refractivity contribution in [3.8, 4) is 0 Å². The maximum absolute atomic E-state index is 12.6. The number of hydrogen-bond donors (Lipinski definition) is 1. The molecule has 51 heavy (non-hydrogen) atoms. The summed E-state index contributed by atoms with van der Waals surface area (Å²) in [6.45, 7) is 4.35. The van der Waals surface area contributed by atoms with Crippen LogP contribution in [-0.4, -0.2) is 74.9 Å². The van der Waals surface area contributed by atoms with Crippen LogP contribution in [0.3, 0.4) is 0 Å². The van der Waals surface area contributed by atoms with E-state index in [0.29, 0.717) is 17.4 Å². The highest BCUT2D eigenvalue weighted by molar-refractivity contribution is 7.47. The van der Waals surface area contributed by atoms with Gasteiger partial charge in [-0.05, 0) is 57.8 Å². The third-order valence-corrected chi connectivity index (χ3v) is 9.69. The molecule has 300 valence electrons. The molecule has 0 rings (SSSR count). The highest BCUT2D eigenvalue weighted by Crippen LogP contribution is 2.43. The summed E-state index contributed by atoms with van der Waals surface area (Å²) in [5.41, 5.74) is 0. The molecule has 2 atom stereocenters. The topological polar surface area (TPSA) is 108 Å². The minimum absolute atomic E-state index is 0.0308. The van der Waals surface area contributed by atoms with Crippen molar-refractivity contribution in [1.82, 2.24) is 0 Å². The SMILES string of the molecule is CCCC/C=C/CCCCCCCCCCCC(=O)OC[C@H](COP(=O)(O)OCC[N+](C)(C)C)OC(=O)CCCCCCC/C=C/CCCCC. The van der Waals surface area contributed by atoms with E-state index in [1.807, 2.05) is 21.1 Å². The number of hydrogen-bond acceptors (Lipinski definition) is 7. The van der Waals surface area contributed by atoms with Crippen LogP contribution in [0, 0.1) is 0 Å². The second-order valence-corrected chi connectivity index (χ2v) is 16.5. The Hall–Kier alpha value is -1.51. The van der Waals surface area contributed by atoms with Crippen molar-refractivity contribution in [3.05, 3.63) is 24.3 Å². The number of nitrogens with zero attached hydrogens (tertiary/aromatic N) is 1. The van der Waals surface area contributed by atoms with E-state index in [1.165, 1.54) is 89.9 Å². The van der Waals surface area contributed by atoms with E-state index < -0.39 is 26.5 Å². The molecule has 0 aliphatic carbocycles. The number of esters is 2. The molecule has 0 aromatic carbocycles. The molecule has 0 bridgehead atoms. The fourth-order valence-electron chi connectivity index (χ4n) is 5.40. The Morgan fingerprint density at radius 1 is 0.588 bits per heavy atom. The smallest absolute Gasteiger partial charge is 0.462 e. The van der Waals surface area contributed by atoms with Gasteiger partial charge >= 0.3 is 19.8 Å². The van der Waals surface area contributed by atoms with Crippen molar-refractivity contribution >= 4 is 19.8 Å². The average molecular weight is 745 g/mol. The molecule has 0 saturated carbocycles. The van der Waals surface area contributed by atoms with Gasteiger partial charge in [-0.3, -0.25) is 18.6 Å². The number of likely N-dealkylation sites (N-methyl/N-ethyl adjacent to an activating group) is 1. The molecule has 0 aromatic rings. The van der Waals surface area contributed by atoms with Gasteiger partial charge in [-0.2, -0.15) is 0 Å². The molecular weight excluding hydrogens is 665 g/mol. The molecule has 0 aliphatic rings. The molecule has 0 aromatic heterocycles. The lowest BCUT2D eigenvalue weighted by Crippen LogP contribution is -2.37. The summed E-state index contributed by atoms with van der Waals surface area (Å²) in [5.74, 6) is -0.811. The third kappa shape index (κ3) is 38.0. The molecule has 0 radical (unpaired) electrons. The number of allylic oxidation sites excluding steroid dienone is 4. The fraction of sp³-hybridized carbons (Fsp3) is 0.854. The molecule has 1 N–H and O–H groups in total. The van der Waals surface area contributed by atoms with Gasteiger partial charge in [0.05, 0.1) is 27.7 Å². The lowest BCUT2D eigenvalue weighted by atomic mass is 10.1. The Morgan fingerprint density at radius 3 is 1.51 bits per heavy atom. The zero-order valence-electron chi connectivity index (χ0n) is 33.6. The number of rotatable bonds is 37. The summed E-state index contributed by atoms with van der Waals surface area (Å²) in [5, 5.41) is 0. The van der Waals surface area contributed by atoms with Gasteiger partial charge in [0.1, 0.15) is 19.8 Å². The van der Waals surface area contributed by atoms with E-state index in [2.05, 4.69) is 38.2 Å². The van der Waals surface area contributed by atoms with Crippen LogP contribution < -0.4 is 0 Å². The Bertz CT molecular complexity index is 933. The molecule has 0 saturated heterocycles. The molecule has 1 unspecified atom stereocenters. The van der Waals surface area contributed by atoms with Gasteiger partial charge in [-0.15, -0.1) is 0 Å². The van der Waals surface area contributed by atoms with Crippen molar-refractivity contribution in [1.29, 1.82) is 0 Å². The maximum atomic E-state index is 12.6. The largest absolute Gasteiger partial charge is 0.472 e. The van der Waals surface area contributed by atoms with E-state index in [4.69, 9.17) is 18.5 Å². The number of unbranched alkanes of at least 4 members (excludes halogenated alkanes) is 19. The van der Waals surface area contributed by atoms with Crippen LogP contribution in [0.2, 0.25) is 0 Å². The second kappa shape index (κ2) is 34.3. The lowest BCUT2D eigenvalue weighted by molar-refractivity contribution is -0.870. The summed E-state index contributed by atoms with van der Waals surface area (Å²) in [6.07, 6.45) is 35.0. The molecule has 0 aliphatic heterocycles. The van der Waals surface area contributed by atoms with Crippen LogP contribution in [0.25, 0.3) is 0 Å². The first-order chi connectivity index (χ1) is 24.5. The first kappa shape index (κ1) is 49.5. The van der Waals surface area contributed by atoms with E-state index in [9.17, 15) is 19.0 Å². The van der Waals surface area contributed by atoms with E-state index in [-0.39, 0.29) is 32.0 Å². The van der Waals surface area contributed by atoms with Crippen LogP contribution in [0.4, 0.5) is 0 Å². The highest BCUT2D eigenvalue weighted by atomic mass is 31.2. The van der Waals surface area contributed by atoms with Crippen molar-refractivity contribution in [2.24, 2.45) is 0 Å². The fourth-order valence-corrected chi connectivity index (χ4v) is 6.14. The highest BCUT2D eigenvalue weighted by Gasteiger charge is 2.27. The van der Waals surface area contributed by atoms with Crippen LogP contribution in [0.15, 0.2) is 24.3 Å². The monoisotopic (exact) mass is 745 g/mol. The molecule has 0 amide bonds. The molecule has 9 nitrogen and oxygen atoms in total. The van der Waals surface area contributed by atoms with Crippen LogP contribution in [0.5, 0.6) is 0 Å². The lowest BCUT2D eigenvalue weighted by Gasteiger charge is -2.24. The van der Waals surface area contributed by atoms with Gasteiger partial charge in [0.2, 0.25) is 0 Å². The van der Waals surface area contributed by atoms with Gasteiger partial charge in [-0.1, -0.05) is 128 Å². The molecule has 0 heterocycles. The minimum Gasteiger partial charge on any atom is -0.462 e. The predicted octanol–water partition coefficient (Wildman–Crippen LogP) is 11.2. The van der Waals surface area contributed by atoms with E-state index in [1.54, 1.807) is 0 Å². The molecule has 10 heteroatoms. The van der Waals surface area contributed by atoms with Crippen LogP contribution in [-0.2, 0) is 32.7 Å². The quantitative estimate of drug-likeness (QED) is 0.0220. The van der Waals surface area contributed by atoms with Crippen molar-refractivity contribution in [2.45, 2.75) is 180 Å². The minimum atomic E-state index is -4.37. The van der Waals surface area contributed by atoms with Crippen LogP contribution in [0.1, 0.15) is 174 Å². The number of ether oxygens (including phenoxy) is 2. The third-order valence-electron chi connectivity index (χ3n) is 8.70. The van der Waals surface area contributed by atoms with Gasteiger partial charge < -0.3 is 18.9 Å². The standard InChI is InChI=1S/C41H78NO8P/c1-6-8-10-12-14-16-18-20-21-22-24-25-27-29-31-33-40(43)47-37-39(38-49-51(45,46)48-36-35-42(3,4)5)50-41(44)34-32-30-28-26-23-19-17-15-13-11-9-7-2/h12,14-15,17,39H,6-11,13,16,18-38H2,1-5H3/p+1/b14-12+,17-15+/t39-/m1/s1. The first-order valence-electron chi connectivity index (χ1n) is 20.6. The zero-order valence-corrected chi connectivity index (χ0v) is 34.5. The predicted molar refractivity (Wildman–Crippen MR) is 211 cm³/mol. The number of carbonyl (C=O) groups is 2. The van der Waals surface area contributed by atoms with Gasteiger partial charge in [0.15, 0.2) is 6.10 Å². The van der Waals surface area contributed by atoms with Gasteiger partial charge in [0.25, 0.3) is 0 Å². The first-order valence-corrected chi connectivity index (χ1v) is 22.1. The number of phosphoric acid groups is 1. The number of quaternary nitrogens is 1. The van der Waals surface area contributed by atoms with Crippen molar-refractivity contribution in [3.63, 3.8) is 0 Å². The Kier molecular flexibility index (Phi) is 33.3. The summed E-state index contributed by atoms with van der Waals surface area (Å²) < 4.78 is 34.2. The maximum Gasteiger partial charge on any atom is 0.472 e. The summed E-state index contributed by atoms with van der Waals surface area (Å²) in [7, 11) is 1.47. The summed E-state index contributed by atoms with van der Waals surface area (Å²) in [4.78, 5) is 35.2. The van der Waals surface area contributed by atoms with Crippen LogP contribution >= 0.6 is 7.82 Å². The van der Waals surface area contributed by atoms with Gasteiger partial charge in [-0.25, -0.2) is 4.57 Å². The normalized spacial score (nSPS) is 13.9.